The summed E-state index contributed by atoms with van der Waals surface area (Å²) in [5, 5.41) is 8.36. The van der Waals surface area contributed by atoms with Crippen molar-refractivity contribution in [3.63, 3.8) is 0 Å². The SMILES string of the molecule is CC(C)c1[nH]nc2nccc(I)c12. The van der Waals surface area contributed by atoms with Crippen LogP contribution in [0.25, 0.3) is 11.0 Å². The fourth-order valence-electron chi connectivity index (χ4n) is 1.35. The zero-order valence-corrected chi connectivity index (χ0v) is 9.66. The smallest absolute Gasteiger partial charge is 0.182 e. The number of halogens is 1. The number of nitrogens with one attached hydrogen (secondary N) is 1. The molecule has 0 aromatic carbocycles. The van der Waals surface area contributed by atoms with Crippen molar-refractivity contribution in [2.24, 2.45) is 0 Å². The molecule has 3 nitrogen and oxygen atoms in total. The zero-order valence-electron chi connectivity index (χ0n) is 7.50. The van der Waals surface area contributed by atoms with Crippen molar-refractivity contribution in [2.45, 2.75) is 19.8 Å². The van der Waals surface area contributed by atoms with Gasteiger partial charge in [-0.05, 0) is 34.6 Å². The van der Waals surface area contributed by atoms with Gasteiger partial charge in [-0.25, -0.2) is 4.98 Å². The van der Waals surface area contributed by atoms with Gasteiger partial charge < -0.3 is 0 Å². The fraction of sp³-hybridized carbons (Fsp3) is 0.333. The van der Waals surface area contributed by atoms with E-state index in [1.165, 1.54) is 9.26 Å². The summed E-state index contributed by atoms with van der Waals surface area (Å²) in [6.45, 7) is 4.30. The lowest BCUT2D eigenvalue weighted by Crippen LogP contribution is -1.89. The molecule has 4 heteroatoms. The van der Waals surface area contributed by atoms with E-state index in [0.717, 1.165) is 11.0 Å². The van der Waals surface area contributed by atoms with E-state index in [0.29, 0.717) is 5.92 Å². The second-order valence-corrected chi connectivity index (χ2v) is 4.45. The van der Waals surface area contributed by atoms with E-state index in [-0.39, 0.29) is 0 Å². The van der Waals surface area contributed by atoms with E-state index in [1.807, 2.05) is 6.07 Å². The van der Waals surface area contributed by atoms with Gasteiger partial charge in [0.15, 0.2) is 5.65 Å². The van der Waals surface area contributed by atoms with Crippen LogP contribution in [-0.2, 0) is 0 Å². The van der Waals surface area contributed by atoms with Crippen LogP contribution in [0.15, 0.2) is 12.3 Å². The van der Waals surface area contributed by atoms with Gasteiger partial charge in [-0.1, -0.05) is 13.8 Å². The molecule has 0 amide bonds. The standard InChI is InChI=1S/C9H10IN3/c1-5(2)8-7-6(10)3-4-11-9(7)13-12-8/h3-5H,1-2H3,(H,11,12,13). The number of fused-ring (bicyclic) bond motifs is 1. The minimum absolute atomic E-state index is 0.461. The van der Waals surface area contributed by atoms with Gasteiger partial charge >= 0.3 is 0 Å². The monoisotopic (exact) mass is 287 g/mol. The summed E-state index contributed by atoms with van der Waals surface area (Å²) in [6.07, 6.45) is 1.79. The molecular formula is C9H10IN3. The highest BCUT2D eigenvalue weighted by Gasteiger charge is 2.11. The third-order valence-electron chi connectivity index (χ3n) is 2.01. The molecule has 1 N–H and O–H groups in total. The van der Waals surface area contributed by atoms with Gasteiger partial charge in [-0.2, -0.15) is 5.10 Å². The van der Waals surface area contributed by atoms with Crippen molar-refractivity contribution in [2.75, 3.05) is 0 Å². The summed E-state index contributed by atoms with van der Waals surface area (Å²) in [5.41, 5.74) is 1.99. The van der Waals surface area contributed by atoms with Crippen LogP contribution in [0.2, 0.25) is 0 Å². The largest absolute Gasteiger partial charge is 0.279 e. The molecule has 2 aromatic heterocycles. The van der Waals surface area contributed by atoms with Gasteiger partial charge in [-0.3, -0.25) is 5.10 Å². The molecule has 0 radical (unpaired) electrons. The number of rotatable bonds is 1. The van der Waals surface area contributed by atoms with Gasteiger partial charge in [0, 0.05) is 15.5 Å². The molecule has 0 aliphatic heterocycles. The van der Waals surface area contributed by atoms with E-state index >= 15 is 0 Å². The highest BCUT2D eigenvalue weighted by molar-refractivity contribution is 14.1. The van der Waals surface area contributed by atoms with Gasteiger partial charge in [0.25, 0.3) is 0 Å². The topological polar surface area (TPSA) is 41.6 Å². The molecular weight excluding hydrogens is 277 g/mol. The van der Waals surface area contributed by atoms with Crippen LogP contribution >= 0.6 is 22.6 Å². The summed E-state index contributed by atoms with van der Waals surface area (Å²) in [5.74, 6) is 0.461. The lowest BCUT2D eigenvalue weighted by atomic mass is 10.1. The van der Waals surface area contributed by atoms with Gasteiger partial charge in [0.2, 0.25) is 0 Å². The van der Waals surface area contributed by atoms with Crippen molar-refractivity contribution in [1.29, 1.82) is 0 Å². The highest BCUT2D eigenvalue weighted by Crippen LogP contribution is 2.25. The van der Waals surface area contributed by atoms with E-state index < -0.39 is 0 Å². The molecule has 2 heterocycles. The summed E-state index contributed by atoms with van der Waals surface area (Å²) in [6, 6.07) is 2.00. The Kier molecular flexibility index (Phi) is 2.23. The number of nitrogens with zero attached hydrogens (tertiary/aromatic N) is 2. The Morgan fingerprint density at radius 3 is 2.92 bits per heavy atom. The van der Waals surface area contributed by atoms with E-state index in [4.69, 9.17) is 0 Å². The Balaban J connectivity index is 2.79. The van der Waals surface area contributed by atoms with Gasteiger partial charge in [0.1, 0.15) is 0 Å². The average Bonchev–Trinajstić information content (AvgIpc) is 2.49. The summed E-state index contributed by atoms with van der Waals surface area (Å²) >= 11 is 2.31. The van der Waals surface area contributed by atoms with Gasteiger partial charge in [0.05, 0.1) is 5.39 Å². The highest BCUT2D eigenvalue weighted by atomic mass is 127. The molecule has 68 valence electrons. The molecule has 0 atom stereocenters. The van der Waals surface area contributed by atoms with E-state index in [9.17, 15) is 0 Å². The minimum atomic E-state index is 0.461. The molecule has 0 saturated heterocycles. The Bertz CT molecular complexity index is 433. The molecule has 0 aliphatic rings. The third-order valence-corrected chi connectivity index (χ3v) is 2.91. The minimum Gasteiger partial charge on any atom is -0.279 e. The third kappa shape index (κ3) is 1.43. The van der Waals surface area contributed by atoms with E-state index in [2.05, 4.69) is 51.6 Å². The first-order chi connectivity index (χ1) is 6.20. The number of aromatic nitrogens is 3. The summed E-state index contributed by atoms with van der Waals surface area (Å²) in [7, 11) is 0. The first-order valence-corrected chi connectivity index (χ1v) is 5.26. The van der Waals surface area contributed by atoms with Crippen LogP contribution in [0, 0.1) is 3.57 Å². The summed E-state index contributed by atoms with van der Waals surface area (Å²) < 4.78 is 1.21. The predicted octanol–water partition coefficient (Wildman–Crippen LogP) is 2.69. The quantitative estimate of drug-likeness (QED) is 0.819. The van der Waals surface area contributed by atoms with E-state index in [1.54, 1.807) is 6.20 Å². The number of pyridine rings is 1. The predicted molar refractivity (Wildman–Crippen MR) is 60.7 cm³/mol. The van der Waals surface area contributed by atoms with Crippen LogP contribution in [-0.4, -0.2) is 15.2 Å². The lowest BCUT2D eigenvalue weighted by Gasteiger charge is -2.01. The van der Waals surface area contributed by atoms with Crippen molar-refractivity contribution in [3.05, 3.63) is 21.5 Å². The molecule has 0 unspecified atom stereocenters. The Morgan fingerprint density at radius 2 is 2.23 bits per heavy atom. The fourth-order valence-corrected chi connectivity index (χ4v) is 2.04. The maximum absolute atomic E-state index is 4.20. The number of hydrogen-bond donors (Lipinski definition) is 1. The molecule has 0 saturated carbocycles. The molecule has 0 fully saturated rings. The molecule has 0 aliphatic carbocycles. The molecule has 0 spiro atoms. The Labute approximate surface area is 90.1 Å². The molecule has 0 bridgehead atoms. The maximum Gasteiger partial charge on any atom is 0.182 e. The summed E-state index contributed by atoms with van der Waals surface area (Å²) in [4.78, 5) is 4.20. The molecule has 2 aromatic rings. The zero-order chi connectivity index (χ0) is 9.42. The van der Waals surface area contributed by atoms with Crippen molar-refractivity contribution in [1.82, 2.24) is 15.2 Å². The average molecular weight is 287 g/mol. The van der Waals surface area contributed by atoms with Crippen molar-refractivity contribution < 1.29 is 0 Å². The second kappa shape index (κ2) is 3.25. The van der Waals surface area contributed by atoms with Crippen LogP contribution in [0.5, 0.6) is 0 Å². The Hall–Kier alpha value is -0.650. The van der Waals surface area contributed by atoms with Crippen LogP contribution in [0.4, 0.5) is 0 Å². The second-order valence-electron chi connectivity index (χ2n) is 3.28. The number of hydrogen-bond acceptors (Lipinski definition) is 2. The van der Waals surface area contributed by atoms with Crippen molar-refractivity contribution in [3.8, 4) is 0 Å². The lowest BCUT2D eigenvalue weighted by molar-refractivity contribution is 0.817. The van der Waals surface area contributed by atoms with Crippen LogP contribution < -0.4 is 0 Å². The molecule has 2 rings (SSSR count). The van der Waals surface area contributed by atoms with Crippen LogP contribution in [0.3, 0.4) is 0 Å². The first-order valence-electron chi connectivity index (χ1n) is 4.18. The molecule has 13 heavy (non-hydrogen) atoms. The number of H-pyrrole nitrogens is 1. The Morgan fingerprint density at radius 1 is 1.46 bits per heavy atom. The number of aromatic amines is 1. The van der Waals surface area contributed by atoms with Crippen molar-refractivity contribution >= 4 is 33.6 Å². The van der Waals surface area contributed by atoms with Gasteiger partial charge in [-0.15, -0.1) is 0 Å². The first kappa shape index (κ1) is 8.93. The normalized spacial score (nSPS) is 11.4. The van der Waals surface area contributed by atoms with Crippen LogP contribution in [0.1, 0.15) is 25.5 Å². The maximum atomic E-state index is 4.20.